The summed E-state index contributed by atoms with van der Waals surface area (Å²) in [7, 11) is 1.66. The summed E-state index contributed by atoms with van der Waals surface area (Å²) in [5.74, 6) is -0.487. The maximum atomic E-state index is 14.0. The van der Waals surface area contributed by atoms with E-state index in [1.165, 1.54) is 34.3 Å². The van der Waals surface area contributed by atoms with Crippen molar-refractivity contribution in [2.75, 3.05) is 7.11 Å². The molecule has 0 N–H and O–H groups in total. The highest BCUT2D eigenvalue weighted by atomic mass is 19.1. The second-order valence-electron chi connectivity index (χ2n) is 8.75. The number of rotatable bonds is 3. The largest absolute Gasteiger partial charge is 0.497 e. The second kappa shape index (κ2) is 7.80. The van der Waals surface area contributed by atoms with Gasteiger partial charge in [-0.3, -0.25) is 4.98 Å². The molecule has 0 fully saturated rings. The summed E-state index contributed by atoms with van der Waals surface area (Å²) in [4.78, 5) is 4.59. The molecule has 0 radical (unpaired) electrons. The van der Waals surface area contributed by atoms with Crippen LogP contribution in [-0.4, -0.2) is 16.7 Å². The van der Waals surface area contributed by atoms with Gasteiger partial charge in [-0.25, -0.2) is 8.78 Å². The molecule has 2 aromatic heterocycles. The van der Waals surface area contributed by atoms with Crippen LogP contribution < -0.4 is 4.74 Å². The van der Waals surface area contributed by atoms with Crippen molar-refractivity contribution in [3.63, 3.8) is 0 Å². The topological polar surface area (TPSA) is 27.1 Å². The predicted octanol–water partition coefficient (Wildman–Crippen LogP) is 6.84. The molecular formula is C29H22F2N2O. The molecule has 34 heavy (non-hydrogen) atoms. The molecule has 0 bridgehead atoms. The zero-order chi connectivity index (χ0) is 23.4. The molecule has 3 nitrogen and oxygen atoms in total. The number of ether oxygens (including phenoxy) is 1. The van der Waals surface area contributed by atoms with E-state index < -0.39 is 11.6 Å². The Kier molecular flexibility index (Phi) is 4.73. The van der Waals surface area contributed by atoms with Gasteiger partial charge < -0.3 is 9.30 Å². The summed E-state index contributed by atoms with van der Waals surface area (Å²) >= 11 is 0. The monoisotopic (exact) mass is 452 g/mol. The molecule has 0 amide bonds. The number of nitrogens with zero attached hydrogens (tertiary/aromatic N) is 2. The van der Waals surface area contributed by atoms with Crippen LogP contribution in [0.3, 0.4) is 0 Å². The number of hydrogen-bond acceptors (Lipinski definition) is 2. The number of aryl methyl sites for hydroxylation is 1. The van der Waals surface area contributed by atoms with Crippen molar-refractivity contribution in [3.8, 4) is 17.0 Å². The van der Waals surface area contributed by atoms with E-state index >= 15 is 0 Å². The fourth-order valence-corrected chi connectivity index (χ4v) is 5.25. The third kappa shape index (κ3) is 3.19. The minimum absolute atomic E-state index is 0.0535. The van der Waals surface area contributed by atoms with Crippen molar-refractivity contribution < 1.29 is 13.5 Å². The number of fused-ring (bicyclic) bond motifs is 4. The Morgan fingerprint density at radius 1 is 0.941 bits per heavy atom. The Morgan fingerprint density at radius 3 is 2.41 bits per heavy atom. The number of halogens is 2. The Bertz CT molecular complexity index is 1530. The van der Waals surface area contributed by atoms with Gasteiger partial charge in [-0.15, -0.1) is 0 Å². The summed E-state index contributed by atoms with van der Waals surface area (Å²) < 4.78 is 35.6. The Labute approximate surface area is 196 Å². The summed E-state index contributed by atoms with van der Waals surface area (Å²) in [6, 6.07) is 22.1. The van der Waals surface area contributed by atoms with E-state index in [2.05, 4.69) is 52.9 Å². The normalized spacial score (nSPS) is 14.6. The van der Waals surface area contributed by atoms with E-state index in [9.17, 15) is 8.78 Å². The molecule has 168 valence electrons. The van der Waals surface area contributed by atoms with Gasteiger partial charge in [-0.05, 0) is 65.6 Å². The van der Waals surface area contributed by atoms with Gasteiger partial charge in [0.25, 0.3) is 0 Å². The molecule has 5 heteroatoms. The fraction of sp³-hybridized carbons (Fsp3) is 0.138. The number of para-hydroxylation sites is 1. The van der Waals surface area contributed by atoms with Crippen LogP contribution in [0.1, 0.15) is 33.9 Å². The highest BCUT2D eigenvalue weighted by molar-refractivity contribution is 5.86. The quantitative estimate of drug-likeness (QED) is 0.294. The number of pyridine rings is 1. The minimum atomic E-state index is -0.614. The highest BCUT2D eigenvalue weighted by Crippen LogP contribution is 2.44. The maximum absolute atomic E-state index is 14.0. The van der Waals surface area contributed by atoms with Crippen LogP contribution in [0.5, 0.6) is 5.75 Å². The average molecular weight is 453 g/mol. The first kappa shape index (κ1) is 20.6. The molecule has 1 aliphatic rings. The highest BCUT2D eigenvalue weighted by Gasteiger charge is 2.31. The molecule has 0 saturated heterocycles. The minimum Gasteiger partial charge on any atom is -0.497 e. The maximum Gasteiger partial charge on any atom is 0.126 e. The molecule has 0 unspecified atom stereocenters. The van der Waals surface area contributed by atoms with Gasteiger partial charge in [-0.2, -0.15) is 0 Å². The lowest BCUT2D eigenvalue weighted by Gasteiger charge is -2.30. The van der Waals surface area contributed by atoms with Crippen LogP contribution in [0.25, 0.3) is 22.2 Å². The predicted molar refractivity (Wildman–Crippen MR) is 129 cm³/mol. The van der Waals surface area contributed by atoms with E-state index in [-0.39, 0.29) is 5.92 Å². The third-order valence-corrected chi connectivity index (χ3v) is 6.82. The SMILES string of the molecule is COc1ccc([C@@H]2c3cc(-c4cc(F)cc(F)c4)ncc3Cn3c2c(C)c2ccccc23)cc1. The molecule has 3 aromatic carbocycles. The first-order valence-corrected chi connectivity index (χ1v) is 11.2. The van der Waals surface area contributed by atoms with Crippen LogP contribution in [0.2, 0.25) is 0 Å². The fourth-order valence-electron chi connectivity index (χ4n) is 5.25. The standard InChI is InChI=1S/C29H22F2N2O/c1-17-24-5-3-4-6-27(24)33-16-20-15-32-26(19-11-21(30)13-22(31)12-19)14-25(20)28(29(17)33)18-7-9-23(34-2)10-8-18/h3-15,28H,16H2,1-2H3/t28-/m1/s1. The molecule has 3 heterocycles. The molecule has 5 aromatic rings. The Hall–Kier alpha value is -3.99. The van der Waals surface area contributed by atoms with E-state index in [1.807, 2.05) is 24.4 Å². The molecule has 0 saturated carbocycles. The lowest BCUT2D eigenvalue weighted by molar-refractivity contribution is 0.414. The van der Waals surface area contributed by atoms with Gasteiger partial charge in [0.15, 0.2) is 0 Å². The zero-order valence-corrected chi connectivity index (χ0v) is 18.8. The Morgan fingerprint density at radius 2 is 1.68 bits per heavy atom. The van der Waals surface area contributed by atoms with Crippen molar-refractivity contribution in [3.05, 3.63) is 119 Å². The number of methoxy groups -OCH3 is 1. The third-order valence-electron chi connectivity index (χ3n) is 6.82. The van der Waals surface area contributed by atoms with Gasteiger partial charge >= 0.3 is 0 Å². The van der Waals surface area contributed by atoms with E-state index in [1.54, 1.807) is 7.11 Å². The van der Waals surface area contributed by atoms with Crippen molar-refractivity contribution >= 4 is 10.9 Å². The van der Waals surface area contributed by atoms with Gasteiger partial charge in [0.1, 0.15) is 17.4 Å². The van der Waals surface area contributed by atoms with Crippen molar-refractivity contribution in [2.45, 2.75) is 19.4 Å². The van der Waals surface area contributed by atoms with Crippen LogP contribution in [0, 0.1) is 18.6 Å². The lowest BCUT2D eigenvalue weighted by atomic mass is 9.82. The van der Waals surface area contributed by atoms with Crippen molar-refractivity contribution in [2.24, 2.45) is 0 Å². The van der Waals surface area contributed by atoms with Gasteiger partial charge in [-0.1, -0.05) is 30.3 Å². The lowest BCUT2D eigenvalue weighted by Crippen LogP contribution is -2.20. The van der Waals surface area contributed by atoms with Gasteiger partial charge in [0.05, 0.1) is 18.7 Å². The molecule has 1 atom stereocenters. The zero-order valence-electron chi connectivity index (χ0n) is 18.8. The molecule has 1 aliphatic heterocycles. The van der Waals surface area contributed by atoms with Crippen LogP contribution in [-0.2, 0) is 6.54 Å². The first-order chi connectivity index (χ1) is 16.5. The molecule has 0 spiro atoms. The van der Waals surface area contributed by atoms with Crippen LogP contribution >= 0.6 is 0 Å². The number of benzene rings is 3. The summed E-state index contributed by atoms with van der Waals surface area (Å²) in [6.45, 7) is 2.86. The summed E-state index contributed by atoms with van der Waals surface area (Å²) in [5, 5.41) is 1.23. The molecular weight excluding hydrogens is 430 g/mol. The van der Waals surface area contributed by atoms with Crippen molar-refractivity contribution in [1.29, 1.82) is 0 Å². The molecule has 6 rings (SSSR count). The van der Waals surface area contributed by atoms with Crippen LogP contribution in [0.4, 0.5) is 8.78 Å². The summed E-state index contributed by atoms with van der Waals surface area (Å²) in [5.41, 5.74) is 7.94. The van der Waals surface area contributed by atoms with Crippen LogP contribution in [0.15, 0.2) is 79.0 Å². The number of hydrogen-bond donors (Lipinski definition) is 0. The van der Waals surface area contributed by atoms with Gasteiger partial charge in [0.2, 0.25) is 0 Å². The van der Waals surface area contributed by atoms with E-state index in [4.69, 9.17) is 4.74 Å². The first-order valence-electron chi connectivity index (χ1n) is 11.2. The van der Waals surface area contributed by atoms with Crippen molar-refractivity contribution in [1.82, 2.24) is 9.55 Å². The molecule has 0 aliphatic carbocycles. The number of aromatic nitrogens is 2. The van der Waals surface area contributed by atoms with Gasteiger partial charge in [0, 0.05) is 41.0 Å². The Balaban J connectivity index is 1.60. The van der Waals surface area contributed by atoms with E-state index in [0.717, 1.165) is 28.5 Å². The second-order valence-corrected chi connectivity index (χ2v) is 8.75. The smallest absolute Gasteiger partial charge is 0.126 e. The average Bonchev–Trinajstić information content (AvgIpc) is 3.13. The summed E-state index contributed by atoms with van der Waals surface area (Å²) in [6.07, 6.45) is 1.84. The van der Waals surface area contributed by atoms with E-state index in [0.29, 0.717) is 17.8 Å².